The van der Waals surface area contributed by atoms with E-state index in [4.69, 9.17) is 0 Å². The standard InChI is InChI=1S/C11H15NO/c1-9-3-2-4-10(7-9)11(13)5-6-12-8-11/h2-4,7,12-13H,5-6,8H2,1H3. The topological polar surface area (TPSA) is 32.3 Å². The summed E-state index contributed by atoms with van der Waals surface area (Å²) in [5.74, 6) is 0. The van der Waals surface area contributed by atoms with Crippen molar-refractivity contribution in [3.63, 3.8) is 0 Å². The molecule has 2 nitrogen and oxygen atoms in total. The zero-order chi connectivity index (χ0) is 9.31. The van der Waals surface area contributed by atoms with Gasteiger partial charge in [-0.15, -0.1) is 0 Å². The maximum absolute atomic E-state index is 10.2. The molecule has 0 saturated carbocycles. The van der Waals surface area contributed by atoms with Gasteiger partial charge in [0.2, 0.25) is 0 Å². The van der Waals surface area contributed by atoms with Crippen molar-refractivity contribution in [2.75, 3.05) is 13.1 Å². The highest BCUT2D eigenvalue weighted by atomic mass is 16.3. The van der Waals surface area contributed by atoms with Crippen LogP contribution in [0.2, 0.25) is 0 Å². The number of hydrogen-bond acceptors (Lipinski definition) is 2. The van der Waals surface area contributed by atoms with Crippen LogP contribution in [-0.4, -0.2) is 18.2 Å². The van der Waals surface area contributed by atoms with Crippen LogP contribution in [0.25, 0.3) is 0 Å². The third kappa shape index (κ3) is 1.60. The van der Waals surface area contributed by atoms with Crippen molar-refractivity contribution in [2.24, 2.45) is 0 Å². The van der Waals surface area contributed by atoms with Crippen molar-refractivity contribution in [1.29, 1.82) is 0 Å². The van der Waals surface area contributed by atoms with Gasteiger partial charge < -0.3 is 10.4 Å². The van der Waals surface area contributed by atoms with E-state index in [2.05, 4.69) is 24.4 Å². The molecule has 1 heterocycles. The van der Waals surface area contributed by atoms with Gasteiger partial charge in [-0.25, -0.2) is 0 Å². The maximum Gasteiger partial charge on any atom is 0.103 e. The summed E-state index contributed by atoms with van der Waals surface area (Å²) in [4.78, 5) is 0. The van der Waals surface area contributed by atoms with Crippen LogP contribution in [-0.2, 0) is 5.60 Å². The number of β-amino-alcohol motifs (C(OH)–C–C–N with tert-alkyl or cyclic N) is 1. The fraction of sp³-hybridized carbons (Fsp3) is 0.455. The van der Waals surface area contributed by atoms with E-state index in [-0.39, 0.29) is 0 Å². The molecule has 1 atom stereocenters. The minimum atomic E-state index is -0.633. The number of nitrogens with one attached hydrogen (secondary N) is 1. The summed E-state index contributed by atoms with van der Waals surface area (Å²) in [6.07, 6.45) is 0.816. The van der Waals surface area contributed by atoms with Crippen molar-refractivity contribution in [1.82, 2.24) is 5.32 Å². The largest absolute Gasteiger partial charge is 0.384 e. The van der Waals surface area contributed by atoms with Crippen molar-refractivity contribution in [3.8, 4) is 0 Å². The SMILES string of the molecule is Cc1cccc(C2(O)CCNC2)c1. The van der Waals surface area contributed by atoms with E-state index in [9.17, 15) is 5.11 Å². The van der Waals surface area contributed by atoms with Gasteiger partial charge in [-0.2, -0.15) is 0 Å². The number of hydrogen-bond donors (Lipinski definition) is 2. The molecular formula is C11H15NO. The lowest BCUT2D eigenvalue weighted by Crippen LogP contribution is -2.28. The highest BCUT2D eigenvalue weighted by molar-refractivity contribution is 5.28. The molecule has 0 spiro atoms. The molecule has 0 amide bonds. The van der Waals surface area contributed by atoms with E-state index in [1.165, 1.54) is 5.56 Å². The zero-order valence-corrected chi connectivity index (χ0v) is 7.88. The summed E-state index contributed by atoms with van der Waals surface area (Å²) < 4.78 is 0. The second-order valence-electron chi connectivity index (χ2n) is 3.83. The molecule has 1 aromatic carbocycles. The fourth-order valence-corrected chi connectivity index (χ4v) is 1.86. The number of benzene rings is 1. The van der Waals surface area contributed by atoms with Crippen LogP contribution in [0.1, 0.15) is 17.5 Å². The molecule has 0 radical (unpaired) electrons. The van der Waals surface area contributed by atoms with E-state index < -0.39 is 5.60 Å². The quantitative estimate of drug-likeness (QED) is 0.675. The van der Waals surface area contributed by atoms with Crippen molar-refractivity contribution in [2.45, 2.75) is 18.9 Å². The molecule has 1 fully saturated rings. The van der Waals surface area contributed by atoms with Gasteiger partial charge in [0.15, 0.2) is 0 Å². The minimum absolute atomic E-state index is 0.633. The highest BCUT2D eigenvalue weighted by Crippen LogP contribution is 2.27. The molecule has 0 aromatic heterocycles. The normalized spacial score (nSPS) is 27.8. The van der Waals surface area contributed by atoms with E-state index >= 15 is 0 Å². The van der Waals surface area contributed by atoms with Crippen molar-refractivity contribution < 1.29 is 5.11 Å². The molecule has 1 aliphatic rings. The van der Waals surface area contributed by atoms with Gasteiger partial charge >= 0.3 is 0 Å². The second-order valence-corrected chi connectivity index (χ2v) is 3.83. The Balaban J connectivity index is 2.33. The Morgan fingerprint density at radius 3 is 2.92 bits per heavy atom. The van der Waals surface area contributed by atoms with Gasteiger partial charge in [-0.3, -0.25) is 0 Å². The van der Waals surface area contributed by atoms with Crippen LogP contribution < -0.4 is 5.32 Å². The average Bonchev–Trinajstić information content (AvgIpc) is 2.54. The van der Waals surface area contributed by atoms with E-state index in [1.54, 1.807) is 0 Å². The predicted molar refractivity (Wildman–Crippen MR) is 52.6 cm³/mol. The Labute approximate surface area is 78.6 Å². The van der Waals surface area contributed by atoms with Crippen molar-refractivity contribution >= 4 is 0 Å². The molecule has 2 N–H and O–H groups in total. The first-order chi connectivity index (χ1) is 6.21. The molecule has 1 unspecified atom stereocenters. The first-order valence-corrected chi connectivity index (χ1v) is 4.71. The molecule has 0 bridgehead atoms. The summed E-state index contributed by atoms with van der Waals surface area (Å²) in [5.41, 5.74) is 1.61. The molecule has 0 aliphatic carbocycles. The van der Waals surface area contributed by atoms with E-state index in [0.29, 0.717) is 6.54 Å². The summed E-state index contributed by atoms with van der Waals surface area (Å²) in [6.45, 7) is 3.64. The van der Waals surface area contributed by atoms with Crippen LogP contribution in [0.3, 0.4) is 0 Å². The molecular weight excluding hydrogens is 162 g/mol. The zero-order valence-electron chi connectivity index (χ0n) is 7.88. The maximum atomic E-state index is 10.2. The monoisotopic (exact) mass is 177 g/mol. The van der Waals surface area contributed by atoms with Gasteiger partial charge in [0.25, 0.3) is 0 Å². The van der Waals surface area contributed by atoms with Crippen LogP contribution in [0.5, 0.6) is 0 Å². The smallest absolute Gasteiger partial charge is 0.103 e. The summed E-state index contributed by atoms with van der Waals surface area (Å²) in [6, 6.07) is 8.11. The number of aryl methyl sites for hydroxylation is 1. The summed E-state index contributed by atoms with van der Waals surface area (Å²) >= 11 is 0. The van der Waals surface area contributed by atoms with Crippen LogP contribution in [0.4, 0.5) is 0 Å². The summed E-state index contributed by atoms with van der Waals surface area (Å²) in [7, 11) is 0. The van der Waals surface area contributed by atoms with Crippen LogP contribution in [0, 0.1) is 6.92 Å². The molecule has 1 aromatic rings. The molecule has 2 heteroatoms. The minimum Gasteiger partial charge on any atom is -0.384 e. The van der Waals surface area contributed by atoms with Crippen LogP contribution in [0.15, 0.2) is 24.3 Å². The molecule has 1 aliphatic heterocycles. The Morgan fingerprint density at radius 1 is 1.46 bits per heavy atom. The van der Waals surface area contributed by atoms with E-state index in [1.807, 2.05) is 12.1 Å². The predicted octanol–water partition coefficient (Wildman–Crippen LogP) is 1.18. The van der Waals surface area contributed by atoms with Gasteiger partial charge in [-0.05, 0) is 25.5 Å². The first-order valence-electron chi connectivity index (χ1n) is 4.71. The number of aliphatic hydroxyl groups is 1. The van der Waals surface area contributed by atoms with E-state index in [0.717, 1.165) is 18.5 Å². The molecule has 13 heavy (non-hydrogen) atoms. The van der Waals surface area contributed by atoms with Crippen LogP contribution >= 0.6 is 0 Å². The third-order valence-electron chi connectivity index (χ3n) is 2.69. The third-order valence-corrected chi connectivity index (χ3v) is 2.69. The lowest BCUT2D eigenvalue weighted by Gasteiger charge is -2.22. The Bertz CT molecular complexity index is 303. The average molecular weight is 177 g/mol. The molecule has 1 saturated heterocycles. The van der Waals surface area contributed by atoms with Gasteiger partial charge in [0.05, 0.1) is 0 Å². The Morgan fingerprint density at radius 2 is 2.31 bits per heavy atom. The summed E-state index contributed by atoms with van der Waals surface area (Å²) in [5, 5.41) is 13.4. The Hall–Kier alpha value is -0.860. The molecule has 2 rings (SSSR count). The van der Waals surface area contributed by atoms with Gasteiger partial charge in [0.1, 0.15) is 5.60 Å². The number of rotatable bonds is 1. The fourth-order valence-electron chi connectivity index (χ4n) is 1.86. The van der Waals surface area contributed by atoms with Gasteiger partial charge in [-0.1, -0.05) is 29.8 Å². The second kappa shape index (κ2) is 3.13. The molecule has 70 valence electrons. The van der Waals surface area contributed by atoms with Crippen molar-refractivity contribution in [3.05, 3.63) is 35.4 Å². The first kappa shape index (κ1) is 8.73. The lowest BCUT2D eigenvalue weighted by atomic mass is 9.92. The van der Waals surface area contributed by atoms with Gasteiger partial charge in [0, 0.05) is 6.54 Å². The highest BCUT2D eigenvalue weighted by Gasteiger charge is 2.32. The Kier molecular flexibility index (Phi) is 2.10. The lowest BCUT2D eigenvalue weighted by molar-refractivity contribution is 0.0587.